The van der Waals surface area contributed by atoms with E-state index in [0.717, 1.165) is 40.8 Å². The van der Waals surface area contributed by atoms with Crippen molar-refractivity contribution < 1.29 is 23.6 Å². The van der Waals surface area contributed by atoms with E-state index in [1.165, 1.54) is 0 Å². The Morgan fingerprint density at radius 3 is 2.49 bits per heavy atom. The van der Waals surface area contributed by atoms with Gasteiger partial charge in [0, 0.05) is 19.5 Å². The Bertz CT molecular complexity index is 1250. The SMILES string of the molecule is CCN(CCO)S(=O)c1ccc(-c2cccc(CC(=O)C3(c4ccc5c(c4)OCO5)CC3)c2)cc1. The zero-order valence-corrected chi connectivity index (χ0v) is 20.6. The Balaban J connectivity index is 1.30. The third kappa shape index (κ3) is 4.76. The van der Waals surface area contributed by atoms with Crippen LogP contribution in [0.2, 0.25) is 0 Å². The standard InChI is InChI=1S/C28H29NO5S/c1-2-29(14-15-30)35(32)24-9-6-21(7-10-24)22-5-3-4-20(16-22)17-27(31)28(12-13-28)23-8-11-25-26(18-23)34-19-33-25/h3-11,16,18,30H,2,12-15,17,19H2,1H3. The monoisotopic (exact) mass is 491 g/mol. The van der Waals surface area contributed by atoms with Crippen LogP contribution < -0.4 is 9.47 Å². The number of likely N-dealkylation sites (N-methyl/N-ethyl adjacent to an activating group) is 1. The summed E-state index contributed by atoms with van der Waals surface area (Å²) >= 11 is 0. The maximum atomic E-state index is 13.4. The average Bonchev–Trinajstić information content (AvgIpc) is 3.58. The van der Waals surface area contributed by atoms with E-state index in [1.54, 1.807) is 4.31 Å². The average molecular weight is 492 g/mol. The fourth-order valence-corrected chi connectivity index (χ4v) is 5.79. The van der Waals surface area contributed by atoms with Gasteiger partial charge in [-0.1, -0.05) is 49.4 Å². The number of ether oxygens (including phenoxy) is 2. The number of aliphatic hydroxyl groups is 1. The third-order valence-electron chi connectivity index (χ3n) is 6.83. The van der Waals surface area contributed by atoms with Crippen LogP contribution in [-0.2, 0) is 27.6 Å². The molecule has 1 saturated carbocycles. The summed E-state index contributed by atoms with van der Waals surface area (Å²) in [5, 5.41) is 9.19. The minimum Gasteiger partial charge on any atom is -0.454 e. The molecule has 1 aliphatic heterocycles. The molecule has 3 aromatic rings. The van der Waals surface area contributed by atoms with Crippen molar-refractivity contribution in [2.75, 3.05) is 26.5 Å². The highest BCUT2D eigenvalue weighted by Crippen LogP contribution is 2.51. The molecule has 1 N–H and O–H groups in total. The minimum absolute atomic E-state index is 0.0286. The Hall–Kier alpha value is -3.00. The number of carbonyl (C=O) groups is 1. The first-order valence-corrected chi connectivity index (χ1v) is 13.1. The second kappa shape index (κ2) is 9.93. The summed E-state index contributed by atoms with van der Waals surface area (Å²) in [6.07, 6.45) is 2.08. The summed E-state index contributed by atoms with van der Waals surface area (Å²) in [4.78, 5) is 14.1. The highest BCUT2D eigenvalue weighted by Gasteiger charge is 2.50. The molecule has 0 radical (unpaired) electrons. The molecule has 0 aromatic heterocycles. The molecular formula is C28H29NO5S. The number of Topliss-reactive ketones (excluding diaryl/α,β-unsaturated/α-hetero) is 1. The van der Waals surface area contributed by atoms with Gasteiger partial charge in [-0.05, 0) is 59.4 Å². The van der Waals surface area contributed by atoms with Crippen LogP contribution in [0.4, 0.5) is 0 Å². The summed E-state index contributed by atoms with van der Waals surface area (Å²) in [5.41, 5.74) is 3.58. The molecule has 0 saturated heterocycles. The molecule has 1 unspecified atom stereocenters. The fourth-order valence-electron chi connectivity index (χ4n) is 4.65. The second-order valence-corrected chi connectivity index (χ2v) is 10.5. The van der Waals surface area contributed by atoms with Gasteiger partial charge in [0.1, 0.15) is 16.8 Å². The van der Waals surface area contributed by atoms with E-state index < -0.39 is 16.4 Å². The number of carbonyl (C=O) groups excluding carboxylic acids is 1. The lowest BCUT2D eigenvalue weighted by atomic mass is 9.87. The predicted octanol–water partition coefficient (Wildman–Crippen LogP) is 4.26. The zero-order chi connectivity index (χ0) is 24.4. The van der Waals surface area contributed by atoms with E-state index in [4.69, 9.17) is 9.47 Å². The first-order valence-electron chi connectivity index (χ1n) is 11.9. The molecule has 0 bridgehead atoms. The first kappa shape index (κ1) is 23.7. The number of rotatable bonds is 10. The maximum absolute atomic E-state index is 13.4. The van der Waals surface area contributed by atoms with E-state index in [9.17, 15) is 14.1 Å². The van der Waals surface area contributed by atoms with Gasteiger partial charge in [-0.3, -0.25) is 4.79 Å². The zero-order valence-electron chi connectivity index (χ0n) is 19.7. The summed E-state index contributed by atoms with van der Waals surface area (Å²) < 4.78 is 25.4. The molecule has 3 aromatic carbocycles. The Kier molecular flexibility index (Phi) is 6.73. The molecule has 1 heterocycles. The Morgan fingerprint density at radius 2 is 1.77 bits per heavy atom. The Labute approximate surface area is 208 Å². The van der Waals surface area contributed by atoms with Crippen LogP contribution in [-0.4, -0.2) is 45.9 Å². The third-order valence-corrected chi connectivity index (χ3v) is 8.41. The molecule has 1 atom stereocenters. The van der Waals surface area contributed by atoms with Crippen molar-refractivity contribution in [1.82, 2.24) is 4.31 Å². The molecule has 6 nitrogen and oxygen atoms in total. The smallest absolute Gasteiger partial charge is 0.231 e. The van der Waals surface area contributed by atoms with Gasteiger partial charge in [0.25, 0.3) is 0 Å². The van der Waals surface area contributed by atoms with Crippen LogP contribution in [0.25, 0.3) is 11.1 Å². The largest absolute Gasteiger partial charge is 0.454 e. The molecule has 1 aliphatic carbocycles. The van der Waals surface area contributed by atoms with Gasteiger partial charge in [-0.2, -0.15) is 0 Å². The van der Waals surface area contributed by atoms with Crippen molar-refractivity contribution >= 4 is 16.8 Å². The summed E-state index contributed by atoms with van der Waals surface area (Å²) in [7, 11) is -1.31. The lowest BCUT2D eigenvalue weighted by Gasteiger charge is -2.18. The molecule has 5 rings (SSSR count). The highest BCUT2D eigenvalue weighted by atomic mass is 32.2. The van der Waals surface area contributed by atoms with Gasteiger partial charge in [0.05, 0.1) is 16.9 Å². The van der Waals surface area contributed by atoms with Crippen LogP contribution in [0.3, 0.4) is 0 Å². The Morgan fingerprint density at radius 1 is 1.00 bits per heavy atom. The maximum Gasteiger partial charge on any atom is 0.231 e. The van der Waals surface area contributed by atoms with Gasteiger partial charge < -0.3 is 14.6 Å². The molecule has 7 heteroatoms. The lowest BCUT2D eigenvalue weighted by molar-refractivity contribution is -0.120. The van der Waals surface area contributed by atoms with Crippen LogP contribution in [0, 0.1) is 0 Å². The number of aliphatic hydroxyl groups excluding tert-OH is 1. The van der Waals surface area contributed by atoms with Gasteiger partial charge in [0.2, 0.25) is 6.79 Å². The molecular weight excluding hydrogens is 462 g/mol. The quantitative estimate of drug-likeness (QED) is 0.459. The fraction of sp³-hybridized carbons (Fsp3) is 0.321. The van der Waals surface area contributed by atoms with Crippen molar-refractivity contribution in [3.05, 3.63) is 77.9 Å². The molecule has 35 heavy (non-hydrogen) atoms. The van der Waals surface area contributed by atoms with E-state index in [-0.39, 0.29) is 19.2 Å². The molecule has 2 aliphatic rings. The molecule has 0 spiro atoms. The van der Waals surface area contributed by atoms with E-state index in [0.29, 0.717) is 30.2 Å². The number of hydrogen-bond donors (Lipinski definition) is 1. The number of hydrogen-bond acceptors (Lipinski definition) is 5. The van der Waals surface area contributed by atoms with Crippen LogP contribution in [0.5, 0.6) is 11.5 Å². The summed E-state index contributed by atoms with van der Waals surface area (Å²) in [5.74, 6) is 1.67. The van der Waals surface area contributed by atoms with Crippen LogP contribution in [0.1, 0.15) is 30.9 Å². The summed E-state index contributed by atoms with van der Waals surface area (Å²) in [6.45, 7) is 3.09. The normalized spacial score (nSPS) is 16.3. The molecule has 1 fully saturated rings. The highest BCUT2D eigenvalue weighted by molar-refractivity contribution is 7.82. The van der Waals surface area contributed by atoms with Crippen molar-refractivity contribution in [3.8, 4) is 22.6 Å². The van der Waals surface area contributed by atoms with Crippen molar-refractivity contribution in [2.45, 2.75) is 36.5 Å². The molecule has 0 amide bonds. The van der Waals surface area contributed by atoms with Gasteiger partial charge in [-0.25, -0.2) is 8.51 Å². The summed E-state index contributed by atoms with van der Waals surface area (Å²) in [6, 6.07) is 21.5. The van der Waals surface area contributed by atoms with Crippen molar-refractivity contribution in [1.29, 1.82) is 0 Å². The van der Waals surface area contributed by atoms with Gasteiger partial charge >= 0.3 is 0 Å². The van der Waals surface area contributed by atoms with Gasteiger partial charge in [-0.15, -0.1) is 0 Å². The molecule has 182 valence electrons. The minimum atomic E-state index is -1.31. The second-order valence-electron chi connectivity index (χ2n) is 8.97. The topological polar surface area (TPSA) is 76.1 Å². The number of fused-ring (bicyclic) bond motifs is 1. The van der Waals surface area contributed by atoms with Crippen molar-refractivity contribution in [2.24, 2.45) is 0 Å². The van der Waals surface area contributed by atoms with E-state index >= 15 is 0 Å². The van der Waals surface area contributed by atoms with E-state index in [1.807, 2.05) is 67.6 Å². The first-order chi connectivity index (χ1) is 17.0. The van der Waals surface area contributed by atoms with Crippen LogP contribution >= 0.6 is 0 Å². The van der Waals surface area contributed by atoms with Gasteiger partial charge in [0.15, 0.2) is 11.5 Å². The van der Waals surface area contributed by atoms with Crippen molar-refractivity contribution in [3.63, 3.8) is 0 Å². The lowest BCUT2D eigenvalue weighted by Crippen LogP contribution is -2.28. The number of nitrogens with zero attached hydrogens (tertiary/aromatic N) is 1. The number of ketones is 1. The van der Waals surface area contributed by atoms with Crippen LogP contribution in [0.15, 0.2) is 71.6 Å². The predicted molar refractivity (Wildman–Crippen MR) is 135 cm³/mol. The number of benzene rings is 3. The van der Waals surface area contributed by atoms with E-state index in [2.05, 4.69) is 6.07 Å².